The first-order chi connectivity index (χ1) is 8.50. The molecule has 0 aliphatic rings. The summed E-state index contributed by atoms with van der Waals surface area (Å²) in [6.45, 7) is 0.286. The van der Waals surface area contributed by atoms with Crippen molar-refractivity contribution in [1.29, 1.82) is 0 Å². The quantitative estimate of drug-likeness (QED) is 0.903. The summed E-state index contributed by atoms with van der Waals surface area (Å²) in [6.07, 6.45) is -4.52. The Morgan fingerprint density at radius 3 is 2.61 bits per heavy atom. The van der Waals surface area contributed by atoms with Gasteiger partial charge in [0.05, 0.1) is 0 Å². The van der Waals surface area contributed by atoms with Crippen molar-refractivity contribution in [1.82, 2.24) is 9.36 Å². The van der Waals surface area contributed by atoms with Gasteiger partial charge in [-0.05, 0) is 11.6 Å². The van der Waals surface area contributed by atoms with E-state index in [1.54, 1.807) is 24.3 Å². The Balaban J connectivity index is 2.22. The van der Waals surface area contributed by atoms with E-state index in [4.69, 9.17) is 5.73 Å². The van der Waals surface area contributed by atoms with E-state index in [9.17, 15) is 13.2 Å². The van der Waals surface area contributed by atoms with Crippen LogP contribution in [0.4, 0.5) is 24.0 Å². The number of anilines is 2. The molecule has 2 aromatic rings. The highest BCUT2D eigenvalue weighted by atomic mass is 32.1. The normalized spacial score (nSPS) is 11.6. The number of hydrogen-bond acceptors (Lipinski definition) is 5. The maximum absolute atomic E-state index is 12.3. The minimum atomic E-state index is -4.52. The van der Waals surface area contributed by atoms with Gasteiger partial charge in [0.2, 0.25) is 11.0 Å². The molecular weight excluding hydrogens is 265 g/mol. The molecule has 18 heavy (non-hydrogen) atoms. The van der Waals surface area contributed by atoms with Crippen molar-refractivity contribution in [2.45, 2.75) is 12.7 Å². The van der Waals surface area contributed by atoms with Crippen LogP contribution in [0, 0.1) is 0 Å². The summed E-state index contributed by atoms with van der Waals surface area (Å²) >= 11 is 0.657. The molecule has 3 N–H and O–H groups in total. The standard InChI is InChI=1S/C10H9F3N4S/c11-10(12,13)8-16-9(18-17-8)15-7-4-2-1-3-6(7)5-14/h1-4H,5,14H2,(H,15,16,17). The van der Waals surface area contributed by atoms with Gasteiger partial charge in [-0.3, -0.25) is 0 Å². The summed E-state index contributed by atoms with van der Waals surface area (Å²) in [5, 5.41) is 2.87. The second-order valence-electron chi connectivity index (χ2n) is 3.41. The Bertz CT molecular complexity index is 538. The Labute approximate surface area is 105 Å². The Morgan fingerprint density at radius 2 is 2.00 bits per heavy atom. The summed E-state index contributed by atoms with van der Waals surface area (Å²) in [5.74, 6) is -1.14. The molecule has 0 radical (unpaired) electrons. The number of benzene rings is 1. The molecule has 0 aliphatic heterocycles. The third-order valence-electron chi connectivity index (χ3n) is 2.16. The number of hydrogen-bond donors (Lipinski definition) is 2. The van der Waals surface area contributed by atoms with Gasteiger partial charge in [0, 0.05) is 23.8 Å². The lowest BCUT2D eigenvalue weighted by molar-refractivity contribution is -0.144. The van der Waals surface area contributed by atoms with E-state index < -0.39 is 12.0 Å². The lowest BCUT2D eigenvalue weighted by Gasteiger charge is -2.07. The number of para-hydroxylation sites is 1. The van der Waals surface area contributed by atoms with E-state index in [1.807, 2.05) is 0 Å². The Hall–Kier alpha value is -1.67. The van der Waals surface area contributed by atoms with Crippen LogP contribution in [0.1, 0.15) is 11.4 Å². The SMILES string of the molecule is NCc1ccccc1Nc1nc(C(F)(F)F)ns1. The molecule has 96 valence electrons. The number of halogens is 3. The Kier molecular flexibility index (Phi) is 3.48. The molecule has 0 spiro atoms. The third kappa shape index (κ3) is 2.77. The van der Waals surface area contributed by atoms with Gasteiger partial charge in [0.25, 0.3) is 0 Å². The summed E-state index contributed by atoms with van der Waals surface area (Å²) in [6, 6.07) is 7.06. The van der Waals surface area contributed by atoms with Gasteiger partial charge < -0.3 is 11.1 Å². The van der Waals surface area contributed by atoms with Gasteiger partial charge in [-0.2, -0.15) is 22.5 Å². The fourth-order valence-corrected chi connectivity index (χ4v) is 1.93. The van der Waals surface area contributed by atoms with Crippen LogP contribution in [-0.4, -0.2) is 9.36 Å². The smallest absolute Gasteiger partial charge is 0.330 e. The largest absolute Gasteiger partial charge is 0.452 e. The lowest BCUT2D eigenvalue weighted by atomic mass is 10.2. The van der Waals surface area contributed by atoms with Crippen molar-refractivity contribution in [2.24, 2.45) is 5.73 Å². The molecule has 1 aromatic carbocycles. The molecule has 0 aliphatic carbocycles. The van der Waals surface area contributed by atoms with Crippen LogP contribution >= 0.6 is 11.5 Å². The zero-order valence-electron chi connectivity index (χ0n) is 9.03. The zero-order chi connectivity index (χ0) is 13.2. The maximum atomic E-state index is 12.3. The van der Waals surface area contributed by atoms with E-state index in [2.05, 4.69) is 14.7 Å². The molecule has 2 rings (SSSR count). The van der Waals surface area contributed by atoms with E-state index in [-0.39, 0.29) is 11.7 Å². The van der Waals surface area contributed by atoms with Crippen LogP contribution in [0.5, 0.6) is 0 Å². The minimum Gasteiger partial charge on any atom is -0.330 e. The van der Waals surface area contributed by atoms with Gasteiger partial charge in [0.1, 0.15) is 0 Å². The predicted octanol–water partition coefficient (Wildman–Crippen LogP) is 2.76. The van der Waals surface area contributed by atoms with Crippen LogP contribution in [-0.2, 0) is 12.7 Å². The number of aromatic nitrogens is 2. The van der Waals surface area contributed by atoms with Gasteiger partial charge in [0.15, 0.2) is 0 Å². The van der Waals surface area contributed by atoms with Crippen molar-refractivity contribution in [3.05, 3.63) is 35.7 Å². The molecule has 1 heterocycles. The maximum Gasteiger partial charge on any atom is 0.452 e. The number of alkyl halides is 3. The van der Waals surface area contributed by atoms with Gasteiger partial charge in [-0.1, -0.05) is 18.2 Å². The van der Waals surface area contributed by atoms with Crippen molar-refractivity contribution >= 4 is 22.4 Å². The number of rotatable bonds is 3. The first-order valence-corrected chi connectivity index (χ1v) is 5.74. The fourth-order valence-electron chi connectivity index (χ4n) is 1.32. The van der Waals surface area contributed by atoms with E-state index >= 15 is 0 Å². The molecule has 0 fully saturated rings. The number of nitrogens with one attached hydrogen (secondary N) is 1. The highest BCUT2D eigenvalue weighted by Crippen LogP contribution is 2.30. The van der Waals surface area contributed by atoms with Crippen LogP contribution < -0.4 is 11.1 Å². The highest BCUT2D eigenvalue weighted by Gasteiger charge is 2.36. The lowest BCUT2D eigenvalue weighted by Crippen LogP contribution is -2.07. The summed E-state index contributed by atoms with van der Waals surface area (Å²) < 4.78 is 40.2. The average molecular weight is 274 g/mol. The molecule has 1 aromatic heterocycles. The molecule has 0 unspecified atom stereocenters. The predicted molar refractivity (Wildman–Crippen MR) is 62.5 cm³/mol. The summed E-state index contributed by atoms with van der Waals surface area (Å²) in [4.78, 5) is 3.38. The van der Waals surface area contributed by atoms with Gasteiger partial charge >= 0.3 is 6.18 Å². The topological polar surface area (TPSA) is 63.8 Å². The second-order valence-corrected chi connectivity index (χ2v) is 4.16. The minimum absolute atomic E-state index is 0.0863. The molecule has 0 saturated heterocycles. The molecule has 0 saturated carbocycles. The van der Waals surface area contributed by atoms with Crippen LogP contribution in [0.15, 0.2) is 24.3 Å². The molecule has 0 atom stereocenters. The van der Waals surface area contributed by atoms with Crippen molar-refractivity contribution in [3.63, 3.8) is 0 Å². The van der Waals surface area contributed by atoms with Crippen LogP contribution in [0.3, 0.4) is 0 Å². The third-order valence-corrected chi connectivity index (χ3v) is 2.79. The number of nitrogens with zero attached hydrogens (tertiary/aromatic N) is 2. The summed E-state index contributed by atoms with van der Waals surface area (Å²) in [5.41, 5.74) is 6.95. The van der Waals surface area contributed by atoms with E-state index in [1.165, 1.54) is 0 Å². The first-order valence-electron chi connectivity index (χ1n) is 4.96. The average Bonchev–Trinajstić information content (AvgIpc) is 2.78. The second kappa shape index (κ2) is 4.91. The molecule has 0 bridgehead atoms. The van der Waals surface area contributed by atoms with Gasteiger partial charge in [-0.15, -0.1) is 0 Å². The van der Waals surface area contributed by atoms with Crippen molar-refractivity contribution in [2.75, 3.05) is 5.32 Å². The molecule has 8 heteroatoms. The van der Waals surface area contributed by atoms with Gasteiger partial charge in [-0.25, -0.2) is 0 Å². The van der Waals surface area contributed by atoms with Crippen LogP contribution in [0.2, 0.25) is 0 Å². The van der Waals surface area contributed by atoms with E-state index in [0.717, 1.165) is 5.56 Å². The zero-order valence-corrected chi connectivity index (χ0v) is 9.85. The van der Waals surface area contributed by atoms with Crippen LogP contribution in [0.25, 0.3) is 0 Å². The summed E-state index contributed by atoms with van der Waals surface area (Å²) in [7, 11) is 0. The van der Waals surface area contributed by atoms with E-state index in [0.29, 0.717) is 17.2 Å². The Morgan fingerprint density at radius 1 is 1.28 bits per heavy atom. The number of nitrogens with two attached hydrogens (primary N) is 1. The van der Waals surface area contributed by atoms with Crippen molar-refractivity contribution in [3.8, 4) is 0 Å². The first kappa shape index (κ1) is 12.8. The van der Waals surface area contributed by atoms with Crippen molar-refractivity contribution < 1.29 is 13.2 Å². The fraction of sp³-hybridized carbons (Fsp3) is 0.200. The monoisotopic (exact) mass is 274 g/mol. The highest BCUT2D eigenvalue weighted by molar-refractivity contribution is 7.09. The molecule has 4 nitrogen and oxygen atoms in total. The molecular formula is C10H9F3N4S. The molecule has 0 amide bonds.